The van der Waals surface area contributed by atoms with Gasteiger partial charge < -0.3 is 6.15 Å². The molecule has 0 bridgehead atoms. The van der Waals surface area contributed by atoms with Gasteiger partial charge in [0.15, 0.2) is 0 Å². The lowest BCUT2D eigenvalue weighted by atomic mass is 10.8. The minimum Gasteiger partial charge on any atom is -0.344 e. The molecule has 0 aliphatic rings. The van der Waals surface area contributed by atoms with Gasteiger partial charge in [0.1, 0.15) is 0 Å². The molecule has 42 valence electrons. The van der Waals surface area contributed by atoms with Crippen molar-refractivity contribution in [2.75, 3.05) is 0 Å². The van der Waals surface area contributed by atoms with E-state index in [-0.39, 0.29) is 23.1 Å². The molecule has 3 N–H and O–H groups in total. The number of hydrogen-bond donors (Lipinski definition) is 1. The van der Waals surface area contributed by atoms with Gasteiger partial charge in [0.25, 0.3) is 0 Å². The average Bonchev–Trinajstić information content (AvgIpc) is 1.76. The van der Waals surface area contributed by atoms with E-state index in [4.69, 9.17) is 0 Å². The summed E-state index contributed by atoms with van der Waals surface area (Å²) >= 11 is 1.46. The van der Waals surface area contributed by atoms with Crippen LogP contribution in [0, 0.1) is 0 Å². The lowest BCUT2D eigenvalue weighted by Gasteiger charge is -1.41. The van der Waals surface area contributed by atoms with E-state index in [1.165, 1.54) is 11.5 Å². The van der Waals surface area contributed by atoms with Gasteiger partial charge in [-0.15, -0.1) is 17.0 Å². The summed E-state index contributed by atoms with van der Waals surface area (Å²) in [6.07, 6.45) is 1.77. The molecule has 0 aliphatic carbocycles. The molecule has 0 saturated carbocycles. The van der Waals surface area contributed by atoms with Crippen LogP contribution in [-0.2, 0) is 0 Å². The van der Waals surface area contributed by atoms with Crippen molar-refractivity contribution in [3.63, 3.8) is 0 Å². The van der Waals surface area contributed by atoms with Crippen molar-refractivity contribution >= 4 is 28.5 Å². The summed E-state index contributed by atoms with van der Waals surface area (Å²) in [5.74, 6) is 0. The first-order valence-corrected chi connectivity index (χ1v) is 2.18. The highest BCUT2D eigenvalue weighted by Gasteiger charge is 1.59. The summed E-state index contributed by atoms with van der Waals surface area (Å²) in [5.41, 5.74) is 0. The molecular weight excluding hydrogens is 176 g/mol. The molecule has 1 aromatic heterocycles. The standard InChI is InChI=1S/C3H3NS.BrH.H3N/c1-2-4-5-3-1;;/h1-3H;1H;1H3. The number of nitrogens with zero attached hydrogens (tertiary/aromatic N) is 1. The fraction of sp³-hybridized carbons (Fsp3) is 0. The number of halogens is 1. The lowest BCUT2D eigenvalue weighted by Crippen LogP contribution is -1.32. The zero-order chi connectivity index (χ0) is 3.54. The number of rotatable bonds is 0. The average molecular weight is 183 g/mol. The van der Waals surface area contributed by atoms with Crippen LogP contribution in [0.4, 0.5) is 0 Å². The van der Waals surface area contributed by atoms with Crippen LogP contribution in [0.2, 0.25) is 0 Å². The van der Waals surface area contributed by atoms with Crippen molar-refractivity contribution in [3.8, 4) is 0 Å². The topological polar surface area (TPSA) is 47.9 Å². The molecule has 0 aromatic carbocycles. The minimum atomic E-state index is 0. The molecule has 7 heavy (non-hydrogen) atoms. The summed E-state index contributed by atoms with van der Waals surface area (Å²) in [7, 11) is 0. The van der Waals surface area contributed by atoms with Gasteiger partial charge in [-0.25, -0.2) is 4.37 Å². The van der Waals surface area contributed by atoms with Crippen molar-refractivity contribution in [2.24, 2.45) is 0 Å². The SMILES string of the molecule is Br.N.c1cnsc1. The van der Waals surface area contributed by atoms with Crippen LogP contribution in [0.15, 0.2) is 17.6 Å². The summed E-state index contributed by atoms with van der Waals surface area (Å²) < 4.78 is 3.76. The van der Waals surface area contributed by atoms with Crippen molar-refractivity contribution < 1.29 is 0 Å². The molecular formula is C3H7BrN2S. The van der Waals surface area contributed by atoms with Crippen LogP contribution in [0.3, 0.4) is 0 Å². The lowest BCUT2D eigenvalue weighted by molar-refractivity contribution is 1.58. The smallest absolute Gasteiger partial charge is 0.0406 e. The molecule has 0 amide bonds. The summed E-state index contributed by atoms with van der Waals surface area (Å²) in [6.45, 7) is 0. The van der Waals surface area contributed by atoms with E-state index in [0.717, 1.165) is 0 Å². The maximum absolute atomic E-state index is 3.76. The van der Waals surface area contributed by atoms with E-state index in [1.807, 2.05) is 11.4 Å². The van der Waals surface area contributed by atoms with E-state index in [0.29, 0.717) is 0 Å². The highest BCUT2D eigenvalue weighted by atomic mass is 79.9. The van der Waals surface area contributed by atoms with Gasteiger partial charge in [-0.05, 0) is 17.6 Å². The molecule has 0 unspecified atom stereocenters. The normalized spacial score (nSPS) is 5.71. The van der Waals surface area contributed by atoms with Crippen LogP contribution in [0.5, 0.6) is 0 Å². The zero-order valence-electron chi connectivity index (χ0n) is 3.70. The van der Waals surface area contributed by atoms with Crippen molar-refractivity contribution in [1.82, 2.24) is 10.5 Å². The monoisotopic (exact) mass is 182 g/mol. The molecule has 0 radical (unpaired) electrons. The zero-order valence-corrected chi connectivity index (χ0v) is 6.23. The summed E-state index contributed by atoms with van der Waals surface area (Å²) in [4.78, 5) is 0. The van der Waals surface area contributed by atoms with Gasteiger partial charge in [-0.3, -0.25) is 0 Å². The third-order valence-electron chi connectivity index (χ3n) is 0.347. The van der Waals surface area contributed by atoms with Crippen molar-refractivity contribution in [1.29, 1.82) is 0 Å². The Bertz CT molecular complexity index is 69.4. The molecule has 0 saturated heterocycles. The van der Waals surface area contributed by atoms with Crippen molar-refractivity contribution in [3.05, 3.63) is 17.6 Å². The van der Waals surface area contributed by atoms with E-state index in [1.54, 1.807) is 6.20 Å². The molecule has 2 nitrogen and oxygen atoms in total. The summed E-state index contributed by atoms with van der Waals surface area (Å²) in [6, 6.07) is 1.91. The van der Waals surface area contributed by atoms with Crippen LogP contribution < -0.4 is 6.15 Å². The van der Waals surface area contributed by atoms with E-state index in [2.05, 4.69) is 4.37 Å². The van der Waals surface area contributed by atoms with E-state index >= 15 is 0 Å². The largest absolute Gasteiger partial charge is 0.344 e. The van der Waals surface area contributed by atoms with Crippen LogP contribution in [-0.4, -0.2) is 4.37 Å². The Labute approximate surface area is 57.1 Å². The second-order valence-electron chi connectivity index (χ2n) is 0.688. The first kappa shape index (κ1) is 10.1. The minimum absolute atomic E-state index is 0. The third kappa shape index (κ3) is 3.91. The van der Waals surface area contributed by atoms with Gasteiger partial charge in [-0.1, -0.05) is 0 Å². The molecule has 0 aliphatic heterocycles. The van der Waals surface area contributed by atoms with Gasteiger partial charge in [0.2, 0.25) is 0 Å². The molecule has 4 heteroatoms. The quantitative estimate of drug-likeness (QED) is 0.667. The highest BCUT2D eigenvalue weighted by molar-refractivity contribution is 8.93. The Balaban J connectivity index is 0. The fourth-order valence-electron chi connectivity index (χ4n) is 0.176. The molecule has 1 rings (SSSR count). The van der Waals surface area contributed by atoms with E-state index < -0.39 is 0 Å². The predicted molar refractivity (Wildman–Crippen MR) is 37.5 cm³/mol. The molecule has 0 atom stereocenters. The first-order chi connectivity index (χ1) is 2.50. The Kier molecular flexibility index (Phi) is 8.79. The Hall–Kier alpha value is 0.0700. The van der Waals surface area contributed by atoms with Crippen LogP contribution in [0.1, 0.15) is 0 Å². The molecule has 0 spiro atoms. The maximum Gasteiger partial charge on any atom is 0.0406 e. The predicted octanol–water partition coefficient (Wildman–Crippen LogP) is 1.88. The van der Waals surface area contributed by atoms with Gasteiger partial charge in [0, 0.05) is 11.6 Å². The number of aromatic nitrogens is 1. The second-order valence-corrected chi connectivity index (χ2v) is 1.38. The van der Waals surface area contributed by atoms with Gasteiger partial charge >= 0.3 is 0 Å². The summed E-state index contributed by atoms with van der Waals surface area (Å²) in [5, 5.41) is 1.93. The highest BCUT2D eigenvalue weighted by Crippen LogP contribution is 1.83. The fourth-order valence-corrected chi connectivity index (χ4v) is 0.527. The second kappa shape index (κ2) is 6.07. The van der Waals surface area contributed by atoms with Crippen LogP contribution >= 0.6 is 28.5 Å². The third-order valence-corrected chi connectivity index (χ3v) is 0.869. The van der Waals surface area contributed by atoms with Gasteiger partial charge in [0.05, 0.1) is 0 Å². The first-order valence-electron chi connectivity index (χ1n) is 1.34. The van der Waals surface area contributed by atoms with Crippen LogP contribution in [0.25, 0.3) is 0 Å². The Morgan fingerprint density at radius 3 is 2.29 bits per heavy atom. The molecule has 1 aromatic rings. The maximum atomic E-state index is 3.76. The van der Waals surface area contributed by atoms with E-state index in [9.17, 15) is 0 Å². The number of hydrogen-bond acceptors (Lipinski definition) is 3. The Morgan fingerprint density at radius 1 is 1.43 bits per heavy atom. The molecule has 0 fully saturated rings. The van der Waals surface area contributed by atoms with Crippen molar-refractivity contribution in [2.45, 2.75) is 0 Å². The Morgan fingerprint density at radius 2 is 2.14 bits per heavy atom. The molecule has 1 heterocycles. The van der Waals surface area contributed by atoms with Gasteiger partial charge in [-0.2, -0.15) is 0 Å².